The van der Waals surface area contributed by atoms with Crippen molar-refractivity contribution >= 4 is 40.2 Å². The summed E-state index contributed by atoms with van der Waals surface area (Å²) in [7, 11) is -2.63. The van der Waals surface area contributed by atoms with E-state index >= 15 is 0 Å². The van der Waals surface area contributed by atoms with Crippen molar-refractivity contribution in [3.8, 4) is 16.3 Å². The molecule has 4 heteroatoms. The van der Waals surface area contributed by atoms with Crippen LogP contribution in [0.2, 0.25) is 5.04 Å². The lowest BCUT2D eigenvalue weighted by atomic mass is 10.2. The van der Waals surface area contributed by atoms with Crippen LogP contribution >= 0.6 is 11.3 Å². The standard InChI is InChI=1S/C29H27NOSSi/c1-29(2,3)33(24-12-6-4-7-13-24,25-14-8-5-9-15-25)31-23-20-18-22(19-21-23)28-30-26-16-10-11-17-27(26)32-28/h4-21H,1-3H3. The van der Waals surface area contributed by atoms with E-state index < -0.39 is 8.32 Å². The highest BCUT2D eigenvalue weighted by molar-refractivity contribution is 7.21. The smallest absolute Gasteiger partial charge is 0.319 e. The largest absolute Gasteiger partial charge is 0.534 e. The summed E-state index contributed by atoms with van der Waals surface area (Å²) >= 11 is 1.72. The molecule has 0 unspecified atom stereocenters. The summed E-state index contributed by atoms with van der Waals surface area (Å²) in [5.41, 5.74) is 2.16. The molecular weight excluding hydrogens is 438 g/mol. The fraction of sp³-hybridized carbons (Fsp3) is 0.138. The first kappa shape index (κ1) is 21.6. The zero-order valence-electron chi connectivity index (χ0n) is 19.2. The summed E-state index contributed by atoms with van der Waals surface area (Å²) in [6.07, 6.45) is 0. The maximum atomic E-state index is 7.11. The molecular formula is C29H27NOSSi. The minimum atomic E-state index is -2.63. The molecule has 33 heavy (non-hydrogen) atoms. The van der Waals surface area contributed by atoms with Crippen LogP contribution in [-0.2, 0) is 0 Å². The Morgan fingerprint density at radius 1 is 0.667 bits per heavy atom. The second kappa shape index (κ2) is 8.62. The maximum Gasteiger partial charge on any atom is 0.319 e. The molecule has 0 fully saturated rings. The zero-order chi connectivity index (χ0) is 22.9. The van der Waals surface area contributed by atoms with Crippen molar-refractivity contribution in [3.63, 3.8) is 0 Å². The van der Waals surface area contributed by atoms with Crippen LogP contribution in [-0.4, -0.2) is 13.3 Å². The highest BCUT2D eigenvalue weighted by atomic mass is 32.1. The van der Waals surface area contributed by atoms with E-state index in [-0.39, 0.29) is 5.04 Å². The second-order valence-corrected chi connectivity index (χ2v) is 14.5. The van der Waals surface area contributed by atoms with Gasteiger partial charge in [0.25, 0.3) is 0 Å². The molecule has 5 aromatic rings. The molecule has 0 bridgehead atoms. The van der Waals surface area contributed by atoms with Gasteiger partial charge in [0.1, 0.15) is 10.8 Å². The van der Waals surface area contributed by atoms with Gasteiger partial charge in [0.15, 0.2) is 0 Å². The van der Waals surface area contributed by atoms with Crippen LogP contribution in [0.25, 0.3) is 20.8 Å². The number of thiazole rings is 1. The van der Waals surface area contributed by atoms with Gasteiger partial charge in [-0.2, -0.15) is 0 Å². The highest BCUT2D eigenvalue weighted by Gasteiger charge is 2.52. The number of benzene rings is 4. The Balaban J connectivity index is 1.57. The normalized spacial score (nSPS) is 12.1. The van der Waals surface area contributed by atoms with Crippen LogP contribution in [0, 0.1) is 0 Å². The van der Waals surface area contributed by atoms with Crippen LogP contribution in [0.1, 0.15) is 20.8 Å². The lowest BCUT2D eigenvalue weighted by Crippen LogP contribution is -2.68. The molecule has 5 rings (SSSR count). The first-order chi connectivity index (χ1) is 16.0. The topological polar surface area (TPSA) is 22.1 Å². The summed E-state index contributed by atoms with van der Waals surface area (Å²) in [6, 6.07) is 38.2. The van der Waals surface area contributed by atoms with Crippen molar-refractivity contribution in [2.24, 2.45) is 0 Å². The van der Waals surface area contributed by atoms with Crippen LogP contribution in [0.4, 0.5) is 0 Å². The molecule has 0 spiro atoms. The fourth-order valence-corrected chi connectivity index (χ4v) is 9.88. The Morgan fingerprint density at radius 3 is 1.76 bits per heavy atom. The van der Waals surface area contributed by atoms with Crippen molar-refractivity contribution in [1.82, 2.24) is 4.98 Å². The van der Waals surface area contributed by atoms with E-state index in [0.717, 1.165) is 21.8 Å². The van der Waals surface area contributed by atoms with Gasteiger partial charge in [-0.1, -0.05) is 93.6 Å². The summed E-state index contributed by atoms with van der Waals surface area (Å²) in [5.74, 6) is 0.897. The number of nitrogens with zero attached hydrogens (tertiary/aromatic N) is 1. The minimum absolute atomic E-state index is 0.0680. The van der Waals surface area contributed by atoms with E-state index in [1.54, 1.807) is 11.3 Å². The number of para-hydroxylation sites is 1. The van der Waals surface area contributed by atoms with E-state index in [1.165, 1.54) is 15.1 Å². The van der Waals surface area contributed by atoms with Crippen molar-refractivity contribution < 1.29 is 4.43 Å². The van der Waals surface area contributed by atoms with Gasteiger partial charge in [-0.3, -0.25) is 0 Å². The molecule has 164 valence electrons. The van der Waals surface area contributed by atoms with E-state index in [1.807, 2.05) is 6.07 Å². The van der Waals surface area contributed by atoms with Gasteiger partial charge in [-0.05, 0) is 51.8 Å². The van der Waals surface area contributed by atoms with Gasteiger partial charge in [0, 0.05) is 5.56 Å². The lowest BCUT2D eigenvalue weighted by Gasteiger charge is -2.43. The van der Waals surface area contributed by atoms with Crippen LogP contribution in [0.3, 0.4) is 0 Å². The molecule has 0 radical (unpaired) electrons. The van der Waals surface area contributed by atoms with E-state index in [0.29, 0.717) is 0 Å². The summed E-state index contributed by atoms with van der Waals surface area (Å²) in [5, 5.41) is 3.52. The average molecular weight is 466 g/mol. The predicted octanol–water partition coefficient (Wildman–Crippen LogP) is 6.90. The van der Waals surface area contributed by atoms with Crippen LogP contribution in [0.5, 0.6) is 5.75 Å². The number of hydrogen-bond acceptors (Lipinski definition) is 3. The van der Waals surface area contributed by atoms with E-state index in [4.69, 9.17) is 9.41 Å². The van der Waals surface area contributed by atoms with Crippen molar-refractivity contribution in [2.75, 3.05) is 0 Å². The molecule has 4 aromatic carbocycles. The first-order valence-corrected chi connectivity index (χ1v) is 14.0. The Morgan fingerprint density at radius 2 is 1.21 bits per heavy atom. The van der Waals surface area contributed by atoms with Gasteiger partial charge < -0.3 is 4.43 Å². The third-order valence-corrected chi connectivity index (χ3v) is 12.1. The van der Waals surface area contributed by atoms with Crippen molar-refractivity contribution in [1.29, 1.82) is 0 Å². The molecule has 0 saturated heterocycles. The third-order valence-electron chi connectivity index (χ3n) is 6.08. The summed E-state index contributed by atoms with van der Waals surface area (Å²) in [4.78, 5) is 4.81. The predicted molar refractivity (Wildman–Crippen MR) is 143 cm³/mol. The molecule has 0 saturated carbocycles. The molecule has 1 aromatic heterocycles. The second-order valence-electron chi connectivity index (χ2n) is 9.28. The highest BCUT2D eigenvalue weighted by Crippen LogP contribution is 2.38. The summed E-state index contributed by atoms with van der Waals surface area (Å²) in [6.45, 7) is 6.90. The van der Waals surface area contributed by atoms with Crippen LogP contribution in [0.15, 0.2) is 109 Å². The Kier molecular flexibility index (Phi) is 5.65. The van der Waals surface area contributed by atoms with Gasteiger partial charge >= 0.3 is 8.32 Å². The average Bonchev–Trinajstić information content (AvgIpc) is 3.28. The Labute approximate surface area is 200 Å². The number of fused-ring (bicyclic) bond motifs is 1. The SMILES string of the molecule is CC(C)(C)[Si](Oc1ccc(-c2nc3ccccc3s2)cc1)(c1ccccc1)c1ccccc1. The number of hydrogen-bond donors (Lipinski definition) is 0. The molecule has 2 nitrogen and oxygen atoms in total. The van der Waals surface area contributed by atoms with E-state index in [2.05, 4.69) is 124 Å². The molecule has 1 heterocycles. The Bertz CT molecular complexity index is 1280. The maximum absolute atomic E-state index is 7.11. The van der Waals surface area contributed by atoms with Crippen LogP contribution < -0.4 is 14.8 Å². The van der Waals surface area contributed by atoms with E-state index in [9.17, 15) is 0 Å². The quantitative estimate of drug-likeness (QED) is 0.263. The molecule has 0 amide bonds. The number of aromatic nitrogens is 1. The minimum Gasteiger partial charge on any atom is -0.534 e. The lowest BCUT2D eigenvalue weighted by molar-refractivity contribution is 0.508. The zero-order valence-corrected chi connectivity index (χ0v) is 21.0. The third kappa shape index (κ3) is 4.01. The van der Waals surface area contributed by atoms with Gasteiger partial charge in [0.05, 0.1) is 10.2 Å². The van der Waals surface area contributed by atoms with Gasteiger partial charge in [0.2, 0.25) is 0 Å². The Hall–Kier alpha value is -3.21. The molecule has 0 aliphatic rings. The molecule has 0 atom stereocenters. The van der Waals surface area contributed by atoms with Gasteiger partial charge in [-0.25, -0.2) is 4.98 Å². The fourth-order valence-electron chi connectivity index (χ4n) is 4.49. The molecule has 0 N–H and O–H groups in total. The summed E-state index contributed by atoms with van der Waals surface area (Å²) < 4.78 is 8.32. The number of rotatable bonds is 5. The monoisotopic (exact) mass is 465 g/mol. The van der Waals surface area contributed by atoms with Gasteiger partial charge in [-0.15, -0.1) is 11.3 Å². The first-order valence-electron chi connectivity index (χ1n) is 11.2. The molecule has 0 aliphatic carbocycles. The molecule has 0 aliphatic heterocycles. The van der Waals surface area contributed by atoms with Crippen molar-refractivity contribution in [3.05, 3.63) is 109 Å². The van der Waals surface area contributed by atoms with Crippen molar-refractivity contribution in [2.45, 2.75) is 25.8 Å².